The fourth-order valence-corrected chi connectivity index (χ4v) is 2.76. The molecule has 2 atom stereocenters. The van der Waals surface area contributed by atoms with Gasteiger partial charge in [0.25, 0.3) is 0 Å². The van der Waals surface area contributed by atoms with Crippen LogP contribution in [0.3, 0.4) is 0 Å². The summed E-state index contributed by atoms with van der Waals surface area (Å²) < 4.78 is 0. The zero-order valence-corrected chi connectivity index (χ0v) is 10.6. The highest BCUT2D eigenvalue weighted by Crippen LogP contribution is 2.29. The number of hydrogen-bond donors (Lipinski definition) is 1. The molecule has 0 aliphatic carbocycles. The van der Waals surface area contributed by atoms with Gasteiger partial charge in [-0.25, -0.2) is 0 Å². The number of nitrogens with zero attached hydrogens (tertiary/aromatic N) is 2. The van der Waals surface area contributed by atoms with Crippen LogP contribution in [0.5, 0.6) is 0 Å². The highest BCUT2D eigenvalue weighted by molar-refractivity contribution is 5.15. The Morgan fingerprint density at radius 1 is 1.12 bits per heavy atom. The average Bonchev–Trinajstić information content (AvgIpc) is 2.50. The highest BCUT2D eigenvalue weighted by Gasteiger charge is 2.37. The predicted octanol–water partition coefficient (Wildman–Crippen LogP) is 1.53. The number of allylic oxidation sites excluding steroid dienone is 4. The molecule has 2 unspecified atom stereocenters. The summed E-state index contributed by atoms with van der Waals surface area (Å²) in [6, 6.07) is 1.51. The van der Waals surface area contributed by atoms with Gasteiger partial charge in [-0.2, -0.15) is 0 Å². The van der Waals surface area contributed by atoms with E-state index in [2.05, 4.69) is 29.8 Å². The standard InChI is InChI=1S/C13H23N3/c1-10(14)4-5-11(2)16-8-12-6-7-13(9-16)15(12)3/h4-5,12-13H,6-9,14H2,1-3H3/b10-4+,11-5+. The quantitative estimate of drug-likeness (QED) is 0.718. The van der Waals surface area contributed by atoms with Crippen LogP contribution in [0, 0.1) is 0 Å². The van der Waals surface area contributed by atoms with Gasteiger partial charge in [0.1, 0.15) is 0 Å². The molecule has 2 rings (SSSR count). The monoisotopic (exact) mass is 221 g/mol. The molecule has 3 nitrogen and oxygen atoms in total. The second kappa shape index (κ2) is 4.50. The lowest BCUT2D eigenvalue weighted by molar-refractivity contribution is 0.112. The number of fused-ring (bicyclic) bond motifs is 2. The number of rotatable bonds is 2. The topological polar surface area (TPSA) is 32.5 Å². The Morgan fingerprint density at radius 2 is 1.69 bits per heavy atom. The summed E-state index contributed by atoms with van der Waals surface area (Å²) in [4.78, 5) is 5.05. The normalized spacial score (nSPS) is 32.3. The molecule has 2 bridgehead atoms. The molecule has 0 aromatic carbocycles. The molecule has 2 fully saturated rings. The van der Waals surface area contributed by atoms with Crippen LogP contribution >= 0.6 is 0 Å². The number of hydrogen-bond acceptors (Lipinski definition) is 3. The third kappa shape index (κ3) is 2.24. The van der Waals surface area contributed by atoms with Crippen molar-refractivity contribution in [1.82, 2.24) is 9.80 Å². The summed E-state index contributed by atoms with van der Waals surface area (Å²) in [5, 5.41) is 0. The predicted molar refractivity (Wildman–Crippen MR) is 67.8 cm³/mol. The van der Waals surface area contributed by atoms with Crippen molar-refractivity contribution in [3.8, 4) is 0 Å². The fraction of sp³-hybridized carbons (Fsp3) is 0.692. The van der Waals surface area contributed by atoms with Gasteiger partial charge in [-0.15, -0.1) is 0 Å². The zero-order chi connectivity index (χ0) is 11.7. The van der Waals surface area contributed by atoms with Crippen molar-refractivity contribution in [2.45, 2.75) is 38.8 Å². The molecule has 0 aromatic heterocycles. The SMILES string of the molecule is C/C(N)=C\C=C(/C)N1CC2CCC(C1)N2C. The number of likely N-dealkylation sites (N-methyl/N-ethyl adjacent to an activating group) is 1. The van der Waals surface area contributed by atoms with Gasteiger partial charge in [0.05, 0.1) is 0 Å². The first-order chi connectivity index (χ1) is 7.58. The lowest BCUT2D eigenvalue weighted by atomic mass is 10.2. The van der Waals surface area contributed by atoms with E-state index in [1.807, 2.05) is 13.0 Å². The molecular formula is C13H23N3. The molecule has 0 saturated carbocycles. The van der Waals surface area contributed by atoms with Gasteiger partial charge in [-0.3, -0.25) is 4.90 Å². The molecule has 0 aromatic rings. The first-order valence-electron chi connectivity index (χ1n) is 6.15. The molecule has 0 amide bonds. The van der Waals surface area contributed by atoms with Crippen molar-refractivity contribution < 1.29 is 0 Å². The Hall–Kier alpha value is -0.960. The van der Waals surface area contributed by atoms with Crippen molar-refractivity contribution >= 4 is 0 Å². The molecular weight excluding hydrogens is 198 g/mol. The van der Waals surface area contributed by atoms with E-state index in [0.717, 1.165) is 17.8 Å². The van der Waals surface area contributed by atoms with E-state index in [9.17, 15) is 0 Å². The van der Waals surface area contributed by atoms with Crippen LogP contribution in [-0.4, -0.2) is 42.0 Å². The number of nitrogens with two attached hydrogens (primary N) is 1. The van der Waals surface area contributed by atoms with Crippen molar-refractivity contribution in [3.05, 3.63) is 23.5 Å². The van der Waals surface area contributed by atoms with Crippen LogP contribution in [0.1, 0.15) is 26.7 Å². The Balaban J connectivity index is 2.02. The molecule has 0 spiro atoms. The van der Waals surface area contributed by atoms with Crippen LogP contribution in [-0.2, 0) is 0 Å². The van der Waals surface area contributed by atoms with Gasteiger partial charge < -0.3 is 10.6 Å². The van der Waals surface area contributed by atoms with Crippen molar-refractivity contribution in [1.29, 1.82) is 0 Å². The first kappa shape index (κ1) is 11.5. The highest BCUT2D eigenvalue weighted by atomic mass is 15.3. The molecule has 2 heterocycles. The van der Waals surface area contributed by atoms with E-state index in [0.29, 0.717) is 0 Å². The minimum Gasteiger partial charge on any atom is -0.402 e. The molecule has 0 radical (unpaired) electrons. The second-order valence-electron chi connectivity index (χ2n) is 5.17. The molecule has 90 valence electrons. The maximum absolute atomic E-state index is 5.65. The largest absolute Gasteiger partial charge is 0.402 e. The lowest BCUT2D eigenvalue weighted by Crippen LogP contribution is -2.51. The van der Waals surface area contributed by atoms with Gasteiger partial charge in [-0.1, -0.05) is 0 Å². The Labute approximate surface area is 98.6 Å². The van der Waals surface area contributed by atoms with Crippen LogP contribution < -0.4 is 5.73 Å². The molecule has 2 aliphatic rings. The Morgan fingerprint density at radius 3 is 2.19 bits per heavy atom. The summed E-state index contributed by atoms with van der Waals surface area (Å²) in [6.07, 6.45) is 6.85. The van der Waals surface area contributed by atoms with Crippen LogP contribution in [0.15, 0.2) is 23.5 Å². The smallest absolute Gasteiger partial charge is 0.0331 e. The zero-order valence-electron chi connectivity index (χ0n) is 10.6. The third-order valence-electron chi connectivity index (χ3n) is 3.93. The average molecular weight is 221 g/mol. The van der Waals surface area contributed by atoms with E-state index in [1.54, 1.807) is 0 Å². The van der Waals surface area contributed by atoms with Gasteiger partial charge in [0, 0.05) is 36.6 Å². The maximum Gasteiger partial charge on any atom is 0.0331 e. The Kier molecular flexibility index (Phi) is 3.24. The molecule has 2 N–H and O–H groups in total. The fourth-order valence-electron chi connectivity index (χ4n) is 2.76. The van der Waals surface area contributed by atoms with Gasteiger partial charge >= 0.3 is 0 Å². The molecule has 2 saturated heterocycles. The summed E-state index contributed by atoms with van der Waals surface area (Å²) in [7, 11) is 2.27. The first-order valence-corrected chi connectivity index (χ1v) is 6.15. The van der Waals surface area contributed by atoms with Gasteiger partial charge in [0.2, 0.25) is 0 Å². The molecule has 3 heteroatoms. The van der Waals surface area contributed by atoms with Crippen molar-refractivity contribution in [3.63, 3.8) is 0 Å². The summed E-state index contributed by atoms with van der Waals surface area (Å²) in [5.74, 6) is 0. The minimum absolute atomic E-state index is 0.755. The number of likely N-dealkylation sites (tertiary alicyclic amines) is 1. The van der Waals surface area contributed by atoms with E-state index >= 15 is 0 Å². The van der Waals surface area contributed by atoms with E-state index in [1.165, 1.54) is 31.6 Å². The molecule has 2 aliphatic heterocycles. The second-order valence-corrected chi connectivity index (χ2v) is 5.17. The lowest BCUT2D eigenvalue weighted by Gasteiger charge is -2.40. The van der Waals surface area contributed by atoms with E-state index < -0.39 is 0 Å². The van der Waals surface area contributed by atoms with Crippen molar-refractivity contribution in [2.24, 2.45) is 5.73 Å². The van der Waals surface area contributed by atoms with Gasteiger partial charge in [0.15, 0.2) is 0 Å². The van der Waals surface area contributed by atoms with Crippen molar-refractivity contribution in [2.75, 3.05) is 20.1 Å². The Bertz CT molecular complexity index is 301. The minimum atomic E-state index is 0.755. The summed E-state index contributed by atoms with van der Waals surface area (Å²) in [5.41, 5.74) is 7.86. The summed E-state index contributed by atoms with van der Waals surface area (Å²) in [6.45, 7) is 6.46. The van der Waals surface area contributed by atoms with Crippen LogP contribution in [0.4, 0.5) is 0 Å². The number of piperazine rings is 1. The van der Waals surface area contributed by atoms with E-state index in [4.69, 9.17) is 5.73 Å². The third-order valence-corrected chi connectivity index (χ3v) is 3.93. The van der Waals surface area contributed by atoms with Crippen LogP contribution in [0.25, 0.3) is 0 Å². The van der Waals surface area contributed by atoms with Crippen LogP contribution in [0.2, 0.25) is 0 Å². The molecule has 16 heavy (non-hydrogen) atoms. The van der Waals surface area contributed by atoms with E-state index in [-0.39, 0.29) is 0 Å². The summed E-state index contributed by atoms with van der Waals surface area (Å²) >= 11 is 0. The van der Waals surface area contributed by atoms with Gasteiger partial charge in [-0.05, 0) is 45.9 Å². The maximum atomic E-state index is 5.65.